The quantitative estimate of drug-likeness (QED) is 0.827. The zero-order valence-corrected chi connectivity index (χ0v) is 13.7. The first-order valence-electron chi connectivity index (χ1n) is 8.15. The first-order valence-corrected chi connectivity index (χ1v) is 8.15. The average Bonchev–Trinajstić information content (AvgIpc) is 2.50. The zero-order chi connectivity index (χ0) is 16.6. The molecule has 0 spiro atoms. The number of hydrogen-bond acceptors (Lipinski definition) is 3. The Balaban J connectivity index is 1.47. The van der Waals surface area contributed by atoms with E-state index in [2.05, 4.69) is 36.2 Å². The molecule has 3 saturated carbocycles. The Morgan fingerprint density at radius 1 is 1.48 bits per heavy atom. The molecule has 2 bridgehead atoms. The van der Waals surface area contributed by atoms with Crippen LogP contribution in [-0.2, 0) is 6.54 Å². The number of rotatable bonds is 4. The maximum absolute atomic E-state index is 12.0. The van der Waals surface area contributed by atoms with Crippen LogP contribution in [0.1, 0.15) is 26.7 Å². The Kier molecular flexibility index (Phi) is 4.00. The van der Waals surface area contributed by atoms with E-state index >= 15 is 0 Å². The lowest BCUT2D eigenvalue weighted by molar-refractivity contribution is -0.0368. The van der Waals surface area contributed by atoms with Gasteiger partial charge in [-0.3, -0.25) is 4.79 Å². The number of carbonyl (C=O) groups excluding carboxylic acids is 1. The van der Waals surface area contributed by atoms with E-state index in [1.165, 1.54) is 17.2 Å². The van der Waals surface area contributed by atoms with Gasteiger partial charge in [-0.25, -0.2) is 9.48 Å². The summed E-state index contributed by atoms with van der Waals surface area (Å²) in [7, 11) is 0. The third-order valence-corrected chi connectivity index (χ3v) is 5.59. The summed E-state index contributed by atoms with van der Waals surface area (Å²) in [5.74, 6) is 1.18. The SMILES string of the molecule is C=C1C(NC(=O)NCCn2ncccc2=O)C[C@H]2C[C@@H]1C2(C)C. The monoisotopic (exact) mass is 316 g/mol. The molecule has 2 N–H and O–H groups in total. The zero-order valence-electron chi connectivity index (χ0n) is 13.7. The number of hydrogen-bond donors (Lipinski definition) is 2. The van der Waals surface area contributed by atoms with Gasteiger partial charge in [0.05, 0.1) is 12.6 Å². The minimum atomic E-state index is -0.209. The van der Waals surface area contributed by atoms with Crippen molar-refractivity contribution < 1.29 is 4.79 Å². The Morgan fingerprint density at radius 2 is 2.26 bits per heavy atom. The molecule has 1 heterocycles. The van der Waals surface area contributed by atoms with Crippen LogP contribution in [-0.4, -0.2) is 28.4 Å². The van der Waals surface area contributed by atoms with Crippen molar-refractivity contribution in [1.82, 2.24) is 20.4 Å². The minimum Gasteiger partial charge on any atom is -0.336 e. The summed E-state index contributed by atoms with van der Waals surface area (Å²) in [6.07, 6.45) is 3.73. The number of nitrogens with zero attached hydrogens (tertiary/aromatic N) is 2. The van der Waals surface area contributed by atoms with Gasteiger partial charge >= 0.3 is 6.03 Å². The molecule has 3 atom stereocenters. The van der Waals surface area contributed by atoms with Crippen molar-refractivity contribution in [2.24, 2.45) is 17.3 Å². The smallest absolute Gasteiger partial charge is 0.315 e. The van der Waals surface area contributed by atoms with Crippen LogP contribution < -0.4 is 16.2 Å². The summed E-state index contributed by atoms with van der Waals surface area (Å²) in [5, 5.41) is 9.75. The Hall–Kier alpha value is -2.11. The molecule has 0 aromatic carbocycles. The van der Waals surface area contributed by atoms with Gasteiger partial charge in [0.15, 0.2) is 0 Å². The lowest BCUT2D eigenvalue weighted by Crippen LogP contribution is -2.58. The first kappa shape index (κ1) is 15.8. The van der Waals surface area contributed by atoms with Gasteiger partial charge in [-0.1, -0.05) is 26.0 Å². The van der Waals surface area contributed by atoms with Crippen LogP contribution in [0.25, 0.3) is 0 Å². The van der Waals surface area contributed by atoms with E-state index in [-0.39, 0.29) is 17.6 Å². The van der Waals surface area contributed by atoms with E-state index in [0.717, 1.165) is 12.0 Å². The van der Waals surface area contributed by atoms with Gasteiger partial charge in [0.2, 0.25) is 0 Å². The van der Waals surface area contributed by atoms with E-state index in [4.69, 9.17) is 0 Å². The van der Waals surface area contributed by atoms with Gasteiger partial charge in [0.25, 0.3) is 5.56 Å². The van der Waals surface area contributed by atoms with Gasteiger partial charge in [-0.2, -0.15) is 5.10 Å². The van der Waals surface area contributed by atoms with Crippen molar-refractivity contribution >= 4 is 6.03 Å². The summed E-state index contributed by atoms with van der Waals surface area (Å²) in [6.45, 7) is 9.50. The third-order valence-electron chi connectivity index (χ3n) is 5.59. The number of urea groups is 1. The van der Waals surface area contributed by atoms with Gasteiger partial charge < -0.3 is 10.6 Å². The highest BCUT2D eigenvalue weighted by Gasteiger charge is 2.54. The molecule has 4 rings (SSSR count). The van der Waals surface area contributed by atoms with Gasteiger partial charge in [0.1, 0.15) is 0 Å². The molecule has 3 fully saturated rings. The van der Waals surface area contributed by atoms with Crippen molar-refractivity contribution in [3.8, 4) is 0 Å². The summed E-state index contributed by atoms with van der Waals surface area (Å²) >= 11 is 0. The second-order valence-corrected chi connectivity index (χ2v) is 7.16. The molecule has 1 unspecified atom stereocenters. The van der Waals surface area contributed by atoms with Crippen LogP contribution >= 0.6 is 0 Å². The van der Waals surface area contributed by atoms with Crippen LogP contribution in [0.5, 0.6) is 0 Å². The molecular formula is C17H24N4O2. The maximum atomic E-state index is 12.0. The summed E-state index contributed by atoms with van der Waals surface area (Å²) in [5.41, 5.74) is 1.30. The van der Waals surface area contributed by atoms with E-state index in [1.807, 2.05) is 0 Å². The Bertz CT molecular complexity index is 679. The maximum Gasteiger partial charge on any atom is 0.315 e. The fourth-order valence-corrected chi connectivity index (χ4v) is 3.92. The van der Waals surface area contributed by atoms with Crippen LogP contribution in [0.3, 0.4) is 0 Å². The molecular weight excluding hydrogens is 292 g/mol. The molecule has 0 radical (unpaired) electrons. The molecule has 3 aliphatic rings. The summed E-state index contributed by atoms with van der Waals surface area (Å²) < 4.78 is 1.33. The molecule has 3 aliphatic carbocycles. The van der Waals surface area contributed by atoms with Crippen LogP contribution in [0, 0.1) is 17.3 Å². The van der Waals surface area contributed by atoms with E-state index in [9.17, 15) is 9.59 Å². The lowest BCUT2D eigenvalue weighted by Gasteiger charge is -2.59. The second-order valence-electron chi connectivity index (χ2n) is 7.16. The van der Waals surface area contributed by atoms with Gasteiger partial charge in [-0.05, 0) is 36.2 Å². The predicted octanol–water partition coefficient (Wildman–Crippen LogP) is 1.53. The summed E-state index contributed by atoms with van der Waals surface area (Å²) in [6, 6.07) is 2.90. The molecule has 1 aromatic heterocycles. The van der Waals surface area contributed by atoms with Crippen molar-refractivity contribution in [1.29, 1.82) is 0 Å². The number of aromatic nitrogens is 2. The highest BCUT2D eigenvalue weighted by Crippen LogP contribution is 2.60. The predicted molar refractivity (Wildman–Crippen MR) is 88.0 cm³/mol. The molecule has 23 heavy (non-hydrogen) atoms. The molecule has 6 nitrogen and oxygen atoms in total. The number of nitrogens with one attached hydrogen (secondary N) is 2. The third kappa shape index (κ3) is 2.90. The number of carbonyl (C=O) groups is 1. The molecule has 6 heteroatoms. The molecule has 124 valence electrons. The van der Waals surface area contributed by atoms with Crippen molar-refractivity contribution in [3.63, 3.8) is 0 Å². The Morgan fingerprint density at radius 3 is 2.91 bits per heavy atom. The van der Waals surface area contributed by atoms with E-state index in [0.29, 0.717) is 30.3 Å². The van der Waals surface area contributed by atoms with E-state index < -0.39 is 0 Å². The second kappa shape index (κ2) is 5.83. The van der Waals surface area contributed by atoms with Crippen molar-refractivity contribution in [3.05, 3.63) is 40.8 Å². The average molecular weight is 316 g/mol. The highest BCUT2D eigenvalue weighted by atomic mass is 16.2. The topological polar surface area (TPSA) is 76.0 Å². The Labute approximate surface area is 136 Å². The molecule has 0 saturated heterocycles. The standard InChI is InChI=1S/C17H24N4O2/c1-11-13-9-12(17(13,2)3)10-14(11)20-16(23)18-7-8-21-15(22)5-4-6-19-21/h4-6,12-14H,1,7-10H2,2-3H3,(H2,18,20,23)/t12-,13+,14?/m1/s1. The van der Waals surface area contributed by atoms with E-state index in [1.54, 1.807) is 12.3 Å². The van der Waals surface area contributed by atoms with Crippen LogP contribution in [0.4, 0.5) is 4.79 Å². The van der Waals surface area contributed by atoms with Crippen LogP contribution in [0.2, 0.25) is 0 Å². The largest absolute Gasteiger partial charge is 0.336 e. The number of fused-ring (bicyclic) bond motifs is 2. The normalized spacial score (nSPS) is 27.9. The fraction of sp³-hybridized carbons (Fsp3) is 0.588. The van der Waals surface area contributed by atoms with Gasteiger partial charge in [-0.15, -0.1) is 0 Å². The van der Waals surface area contributed by atoms with Crippen LogP contribution in [0.15, 0.2) is 35.3 Å². The lowest BCUT2D eigenvalue weighted by atomic mass is 9.46. The number of amides is 2. The van der Waals surface area contributed by atoms with Gasteiger partial charge in [0, 0.05) is 18.8 Å². The first-order chi connectivity index (χ1) is 10.9. The molecule has 1 aromatic rings. The highest BCUT2D eigenvalue weighted by molar-refractivity contribution is 5.74. The molecule has 0 aliphatic heterocycles. The summed E-state index contributed by atoms with van der Waals surface area (Å²) in [4.78, 5) is 23.6. The molecule has 2 amide bonds. The fourth-order valence-electron chi connectivity index (χ4n) is 3.92. The van der Waals surface area contributed by atoms with Crippen molar-refractivity contribution in [2.45, 2.75) is 39.3 Å². The van der Waals surface area contributed by atoms with Crippen molar-refractivity contribution in [2.75, 3.05) is 6.54 Å². The minimum absolute atomic E-state index is 0.0596.